The summed E-state index contributed by atoms with van der Waals surface area (Å²) in [7, 11) is 4.74. The fourth-order valence-corrected chi connectivity index (χ4v) is 5.44. The molecular formula is C7H4O2S3. The van der Waals surface area contributed by atoms with Gasteiger partial charge in [-0.25, -0.2) is 4.79 Å². The summed E-state index contributed by atoms with van der Waals surface area (Å²) in [5.74, 6) is -0.845. The zero-order valence-corrected chi connectivity index (χ0v) is 8.26. The number of carbonyl (C=O) groups is 1. The highest BCUT2D eigenvalue weighted by Crippen LogP contribution is 2.56. The van der Waals surface area contributed by atoms with Crippen molar-refractivity contribution in [3.8, 4) is 0 Å². The zero-order chi connectivity index (χ0) is 8.55. The van der Waals surface area contributed by atoms with Crippen molar-refractivity contribution < 1.29 is 9.90 Å². The Hall–Kier alpha value is -0.260. The Morgan fingerprint density at radius 1 is 1.33 bits per heavy atom. The lowest BCUT2D eigenvalue weighted by atomic mass is 10.2. The number of benzene rings is 1. The van der Waals surface area contributed by atoms with Crippen LogP contribution >= 0.6 is 31.4 Å². The molecule has 1 heterocycles. The number of carboxylic acid groups (broad SMARTS) is 1. The minimum absolute atomic E-state index is 0.412. The van der Waals surface area contributed by atoms with Crippen LogP contribution in [-0.4, -0.2) is 11.1 Å². The van der Waals surface area contributed by atoms with Gasteiger partial charge in [-0.3, -0.25) is 0 Å². The third-order valence-corrected chi connectivity index (χ3v) is 5.51. The first-order valence-corrected chi connectivity index (χ1v) is 6.65. The second-order valence-corrected chi connectivity index (χ2v) is 6.12. The van der Waals surface area contributed by atoms with Crippen molar-refractivity contribution in [2.75, 3.05) is 0 Å². The Morgan fingerprint density at radius 3 is 2.92 bits per heavy atom. The van der Waals surface area contributed by atoms with Crippen molar-refractivity contribution in [3.63, 3.8) is 0 Å². The smallest absolute Gasteiger partial charge is 0.336 e. The van der Waals surface area contributed by atoms with Crippen LogP contribution in [0.5, 0.6) is 0 Å². The van der Waals surface area contributed by atoms with Crippen molar-refractivity contribution >= 4 is 37.4 Å². The van der Waals surface area contributed by atoms with Gasteiger partial charge in [0.15, 0.2) is 0 Å². The summed E-state index contributed by atoms with van der Waals surface area (Å²) in [4.78, 5) is 12.7. The molecule has 12 heavy (non-hydrogen) atoms. The van der Waals surface area contributed by atoms with E-state index in [0.717, 1.165) is 9.79 Å². The summed E-state index contributed by atoms with van der Waals surface area (Å²) in [6.45, 7) is 0. The molecule has 0 fully saturated rings. The number of carboxylic acids is 1. The van der Waals surface area contributed by atoms with E-state index in [-0.39, 0.29) is 0 Å². The first kappa shape index (κ1) is 8.34. The van der Waals surface area contributed by atoms with Crippen molar-refractivity contribution in [2.24, 2.45) is 0 Å². The standard InChI is InChI=1S/C7H4O2S3/c8-7(9)4-2-1-3-5-6(4)11-12-10-5/h1-3H,(H,8,9). The van der Waals surface area contributed by atoms with Crippen LogP contribution in [0.4, 0.5) is 0 Å². The Kier molecular flexibility index (Phi) is 2.25. The van der Waals surface area contributed by atoms with Crippen LogP contribution in [-0.2, 0) is 0 Å². The minimum atomic E-state index is -0.845. The van der Waals surface area contributed by atoms with E-state index in [0.29, 0.717) is 5.56 Å². The van der Waals surface area contributed by atoms with E-state index in [2.05, 4.69) is 0 Å². The molecule has 0 spiro atoms. The molecule has 0 aliphatic carbocycles. The lowest BCUT2D eigenvalue weighted by Gasteiger charge is -1.99. The monoisotopic (exact) mass is 216 g/mol. The van der Waals surface area contributed by atoms with Crippen LogP contribution < -0.4 is 0 Å². The first-order chi connectivity index (χ1) is 5.79. The highest BCUT2D eigenvalue weighted by atomic mass is 33.5. The molecule has 1 aromatic carbocycles. The number of rotatable bonds is 1. The van der Waals surface area contributed by atoms with Crippen LogP contribution in [0.1, 0.15) is 10.4 Å². The van der Waals surface area contributed by atoms with E-state index < -0.39 is 5.97 Å². The van der Waals surface area contributed by atoms with E-state index in [1.807, 2.05) is 6.07 Å². The lowest BCUT2D eigenvalue weighted by molar-refractivity contribution is 0.0692. The van der Waals surface area contributed by atoms with Gasteiger partial charge in [0.25, 0.3) is 0 Å². The largest absolute Gasteiger partial charge is 0.478 e. The molecule has 1 aliphatic rings. The number of aromatic carboxylic acids is 1. The zero-order valence-electron chi connectivity index (χ0n) is 5.81. The van der Waals surface area contributed by atoms with Gasteiger partial charge in [-0.05, 0) is 43.5 Å². The van der Waals surface area contributed by atoms with Gasteiger partial charge in [-0.1, -0.05) is 6.07 Å². The van der Waals surface area contributed by atoms with Crippen molar-refractivity contribution in [1.29, 1.82) is 0 Å². The molecular weight excluding hydrogens is 212 g/mol. The maximum absolute atomic E-state index is 10.7. The van der Waals surface area contributed by atoms with Gasteiger partial charge in [-0.2, -0.15) is 0 Å². The first-order valence-electron chi connectivity index (χ1n) is 3.16. The average molecular weight is 216 g/mol. The molecule has 0 amide bonds. The molecule has 1 aromatic rings. The van der Waals surface area contributed by atoms with E-state index in [1.165, 1.54) is 10.8 Å². The Bertz CT molecular complexity index is 337. The normalized spacial score (nSPS) is 14.3. The fourth-order valence-electron chi connectivity index (χ4n) is 0.924. The molecule has 5 heteroatoms. The quantitative estimate of drug-likeness (QED) is 0.730. The maximum atomic E-state index is 10.7. The summed E-state index contributed by atoms with van der Waals surface area (Å²) in [5.41, 5.74) is 0.412. The summed E-state index contributed by atoms with van der Waals surface area (Å²) in [5, 5.41) is 8.82. The van der Waals surface area contributed by atoms with Crippen LogP contribution in [0.25, 0.3) is 0 Å². The molecule has 0 saturated carbocycles. The second-order valence-electron chi connectivity index (χ2n) is 2.17. The molecule has 0 radical (unpaired) electrons. The summed E-state index contributed by atoms with van der Waals surface area (Å²) >= 11 is 0. The van der Waals surface area contributed by atoms with Gasteiger partial charge < -0.3 is 5.11 Å². The fraction of sp³-hybridized carbons (Fsp3) is 0. The third kappa shape index (κ3) is 1.32. The van der Waals surface area contributed by atoms with Crippen LogP contribution in [0.3, 0.4) is 0 Å². The minimum Gasteiger partial charge on any atom is -0.478 e. The predicted molar refractivity (Wildman–Crippen MR) is 52.7 cm³/mol. The van der Waals surface area contributed by atoms with E-state index >= 15 is 0 Å². The van der Waals surface area contributed by atoms with Crippen molar-refractivity contribution in [2.45, 2.75) is 9.79 Å². The summed E-state index contributed by atoms with van der Waals surface area (Å²) in [6.07, 6.45) is 0. The SMILES string of the molecule is O=C(O)c1cccc2c1SSS2. The van der Waals surface area contributed by atoms with Gasteiger partial charge in [0.1, 0.15) is 0 Å². The summed E-state index contributed by atoms with van der Waals surface area (Å²) < 4.78 is 0. The molecule has 2 rings (SSSR count). The van der Waals surface area contributed by atoms with Crippen molar-refractivity contribution in [3.05, 3.63) is 23.8 Å². The predicted octanol–water partition coefficient (Wildman–Crippen LogP) is 3.15. The van der Waals surface area contributed by atoms with Gasteiger partial charge in [0.05, 0.1) is 5.56 Å². The molecule has 62 valence electrons. The molecule has 0 bridgehead atoms. The van der Waals surface area contributed by atoms with E-state index in [4.69, 9.17) is 5.11 Å². The molecule has 2 nitrogen and oxygen atoms in total. The number of hydrogen-bond acceptors (Lipinski definition) is 4. The second kappa shape index (κ2) is 3.24. The molecule has 1 aliphatic heterocycles. The molecule has 0 saturated heterocycles. The lowest BCUT2D eigenvalue weighted by Crippen LogP contribution is -1.97. The van der Waals surface area contributed by atoms with Crippen LogP contribution in [0.15, 0.2) is 28.0 Å². The maximum Gasteiger partial charge on any atom is 0.336 e. The van der Waals surface area contributed by atoms with Crippen LogP contribution in [0, 0.1) is 0 Å². The Labute approximate surface area is 80.9 Å². The molecule has 0 unspecified atom stereocenters. The summed E-state index contributed by atoms with van der Waals surface area (Å²) in [6, 6.07) is 5.36. The van der Waals surface area contributed by atoms with Gasteiger partial charge in [0, 0.05) is 9.79 Å². The third-order valence-electron chi connectivity index (χ3n) is 1.45. The van der Waals surface area contributed by atoms with Gasteiger partial charge in [0.2, 0.25) is 0 Å². The topological polar surface area (TPSA) is 37.3 Å². The van der Waals surface area contributed by atoms with Crippen LogP contribution in [0.2, 0.25) is 0 Å². The average Bonchev–Trinajstić information content (AvgIpc) is 2.49. The number of hydrogen-bond donors (Lipinski definition) is 1. The Balaban J connectivity index is 2.56. The Morgan fingerprint density at radius 2 is 2.17 bits per heavy atom. The van der Waals surface area contributed by atoms with Crippen molar-refractivity contribution in [1.82, 2.24) is 0 Å². The van der Waals surface area contributed by atoms with Gasteiger partial charge >= 0.3 is 5.97 Å². The molecule has 1 N–H and O–H groups in total. The molecule has 0 atom stereocenters. The number of fused-ring (bicyclic) bond motifs is 1. The van der Waals surface area contributed by atoms with E-state index in [1.54, 1.807) is 32.8 Å². The van der Waals surface area contributed by atoms with Gasteiger partial charge in [-0.15, -0.1) is 0 Å². The van der Waals surface area contributed by atoms with E-state index in [9.17, 15) is 4.79 Å². The highest BCUT2D eigenvalue weighted by Gasteiger charge is 2.20. The molecule has 0 aromatic heterocycles. The highest BCUT2D eigenvalue weighted by molar-refractivity contribution is 9.10.